The zero-order chi connectivity index (χ0) is 17.6. The molecule has 1 saturated heterocycles. The van der Waals surface area contributed by atoms with E-state index in [9.17, 15) is 4.79 Å². The molecule has 6 nitrogen and oxygen atoms in total. The van der Waals surface area contributed by atoms with Gasteiger partial charge < -0.3 is 9.47 Å². The zero-order valence-corrected chi connectivity index (χ0v) is 16.1. The van der Waals surface area contributed by atoms with E-state index < -0.39 is 0 Å². The monoisotopic (exact) mass is 379 g/mol. The minimum absolute atomic E-state index is 0. The molecule has 0 spiro atoms. The van der Waals surface area contributed by atoms with Crippen LogP contribution < -0.4 is 10.3 Å². The van der Waals surface area contributed by atoms with Gasteiger partial charge in [-0.05, 0) is 13.8 Å². The van der Waals surface area contributed by atoms with E-state index in [1.807, 2.05) is 44.2 Å². The molecule has 1 aromatic carbocycles. The van der Waals surface area contributed by atoms with E-state index >= 15 is 0 Å². The fraction of sp³-hybridized carbons (Fsp3) is 0.474. The first kappa shape index (κ1) is 20.4. The van der Waals surface area contributed by atoms with Crippen LogP contribution >= 0.6 is 12.4 Å². The van der Waals surface area contributed by atoms with Crippen molar-refractivity contribution in [1.82, 2.24) is 14.7 Å². The van der Waals surface area contributed by atoms with Gasteiger partial charge >= 0.3 is 5.56 Å². The van der Waals surface area contributed by atoms with Crippen LogP contribution in [0.1, 0.15) is 13.8 Å². The van der Waals surface area contributed by atoms with Crippen molar-refractivity contribution in [2.45, 2.75) is 26.5 Å². The molecule has 0 amide bonds. The summed E-state index contributed by atoms with van der Waals surface area (Å²) in [5.74, 6) is 0.353. The van der Waals surface area contributed by atoms with Crippen molar-refractivity contribution < 1.29 is 9.47 Å². The van der Waals surface area contributed by atoms with E-state index in [0.29, 0.717) is 12.3 Å². The summed E-state index contributed by atoms with van der Waals surface area (Å²) >= 11 is 0. The van der Waals surface area contributed by atoms with E-state index in [0.717, 1.165) is 44.1 Å². The molecule has 1 aliphatic heterocycles. The van der Waals surface area contributed by atoms with Gasteiger partial charge in [0.1, 0.15) is 0 Å². The van der Waals surface area contributed by atoms with Crippen LogP contribution in [0.25, 0.3) is 11.3 Å². The highest BCUT2D eigenvalue weighted by molar-refractivity contribution is 5.85. The molecule has 0 saturated carbocycles. The van der Waals surface area contributed by atoms with Gasteiger partial charge in [0.15, 0.2) is 5.75 Å². The lowest BCUT2D eigenvalue weighted by Crippen LogP contribution is -2.40. The third-order valence-corrected chi connectivity index (χ3v) is 4.11. The molecule has 7 heteroatoms. The van der Waals surface area contributed by atoms with Crippen molar-refractivity contribution in [1.29, 1.82) is 0 Å². The number of hydrogen-bond donors (Lipinski definition) is 0. The quantitative estimate of drug-likeness (QED) is 0.771. The van der Waals surface area contributed by atoms with Crippen molar-refractivity contribution in [3.8, 4) is 17.0 Å². The fourth-order valence-electron chi connectivity index (χ4n) is 2.82. The maximum absolute atomic E-state index is 12.7. The average molecular weight is 380 g/mol. The zero-order valence-electron chi connectivity index (χ0n) is 15.3. The van der Waals surface area contributed by atoms with Crippen LogP contribution in [0.3, 0.4) is 0 Å². The normalized spacial score (nSPS) is 14.9. The summed E-state index contributed by atoms with van der Waals surface area (Å²) in [6, 6.07) is 11.6. The number of ether oxygens (including phenoxy) is 2. The van der Waals surface area contributed by atoms with Gasteiger partial charge in [-0.25, -0.2) is 4.68 Å². The Balaban J connectivity index is 0.00000243. The van der Waals surface area contributed by atoms with E-state index in [1.165, 1.54) is 4.68 Å². The molecule has 0 radical (unpaired) electrons. The van der Waals surface area contributed by atoms with Crippen molar-refractivity contribution in [3.05, 3.63) is 46.8 Å². The van der Waals surface area contributed by atoms with Crippen LogP contribution in [0.2, 0.25) is 0 Å². The molecule has 2 aromatic rings. The molecule has 0 bridgehead atoms. The summed E-state index contributed by atoms with van der Waals surface area (Å²) in [5, 5.41) is 4.56. The highest BCUT2D eigenvalue weighted by Crippen LogP contribution is 2.19. The summed E-state index contributed by atoms with van der Waals surface area (Å²) in [6.07, 6.45) is -0.0635. The average Bonchev–Trinajstić information content (AvgIpc) is 2.63. The Morgan fingerprint density at radius 3 is 2.50 bits per heavy atom. The van der Waals surface area contributed by atoms with E-state index in [1.54, 1.807) is 6.07 Å². The van der Waals surface area contributed by atoms with Gasteiger partial charge in [0.25, 0.3) is 0 Å². The van der Waals surface area contributed by atoms with Crippen molar-refractivity contribution >= 4 is 12.4 Å². The minimum atomic E-state index is -0.179. The van der Waals surface area contributed by atoms with Gasteiger partial charge in [0, 0.05) is 31.3 Å². The van der Waals surface area contributed by atoms with Crippen molar-refractivity contribution in [3.63, 3.8) is 0 Å². The van der Waals surface area contributed by atoms with E-state index in [2.05, 4.69) is 10.00 Å². The molecule has 142 valence electrons. The van der Waals surface area contributed by atoms with Crippen LogP contribution in [-0.2, 0) is 11.3 Å². The van der Waals surface area contributed by atoms with Crippen LogP contribution in [0.15, 0.2) is 41.2 Å². The lowest BCUT2D eigenvalue weighted by molar-refractivity contribution is 0.0357. The number of halogens is 1. The van der Waals surface area contributed by atoms with Crippen LogP contribution in [0, 0.1) is 0 Å². The molecule has 2 heterocycles. The van der Waals surface area contributed by atoms with Crippen LogP contribution in [0.4, 0.5) is 0 Å². The third-order valence-electron chi connectivity index (χ3n) is 4.11. The predicted octanol–water partition coefficient (Wildman–Crippen LogP) is 2.45. The molecule has 0 N–H and O–H groups in total. The molecule has 0 aliphatic carbocycles. The van der Waals surface area contributed by atoms with Gasteiger partial charge in [0.2, 0.25) is 0 Å². The molecular weight excluding hydrogens is 354 g/mol. The third kappa shape index (κ3) is 5.30. The molecule has 0 unspecified atom stereocenters. The summed E-state index contributed by atoms with van der Waals surface area (Å²) in [5.41, 5.74) is 1.54. The molecule has 26 heavy (non-hydrogen) atoms. The number of aromatic nitrogens is 2. The molecule has 1 aliphatic rings. The first-order valence-corrected chi connectivity index (χ1v) is 8.78. The van der Waals surface area contributed by atoms with Gasteiger partial charge in [-0.2, -0.15) is 5.10 Å². The molecule has 1 fully saturated rings. The first-order chi connectivity index (χ1) is 12.1. The second-order valence-corrected chi connectivity index (χ2v) is 6.41. The molecule has 3 rings (SSSR count). The Morgan fingerprint density at radius 2 is 1.85 bits per heavy atom. The van der Waals surface area contributed by atoms with E-state index in [4.69, 9.17) is 9.47 Å². The SMILES string of the molecule is CC(C)Oc1cc(-c2ccccc2)nn(CCN2CCOCC2)c1=O.Cl. The number of morpholine rings is 1. The van der Waals surface area contributed by atoms with E-state index in [-0.39, 0.29) is 24.1 Å². The lowest BCUT2D eigenvalue weighted by atomic mass is 10.1. The Labute approximate surface area is 160 Å². The maximum atomic E-state index is 12.7. The van der Waals surface area contributed by atoms with Crippen LogP contribution in [-0.4, -0.2) is 53.6 Å². The number of hydrogen-bond acceptors (Lipinski definition) is 5. The van der Waals surface area contributed by atoms with Gasteiger partial charge in [-0.15, -0.1) is 12.4 Å². The van der Waals surface area contributed by atoms with Crippen molar-refractivity contribution in [2.24, 2.45) is 0 Å². The first-order valence-electron chi connectivity index (χ1n) is 8.78. The largest absolute Gasteiger partial charge is 0.485 e. The second kappa shape index (κ2) is 9.71. The Morgan fingerprint density at radius 1 is 1.15 bits per heavy atom. The Hall–Kier alpha value is -1.89. The van der Waals surface area contributed by atoms with Gasteiger partial charge in [0.05, 0.1) is 31.6 Å². The minimum Gasteiger partial charge on any atom is -0.485 e. The number of benzene rings is 1. The summed E-state index contributed by atoms with van der Waals surface area (Å²) < 4.78 is 12.6. The molecule has 1 aromatic heterocycles. The molecule has 0 atom stereocenters. The fourth-order valence-corrected chi connectivity index (χ4v) is 2.82. The smallest absolute Gasteiger partial charge is 0.309 e. The summed E-state index contributed by atoms with van der Waals surface area (Å²) in [6.45, 7) is 8.41. The predicted molar refractivity (Wildman–Crippen MR) is 104 cm³/mol. The Bertz CT molecular complexity index is 743. The highest BCUT2D eigenvalue weighted by atomic mass is 35.5. The van der Waals surface area contributed by atoms with Crippen molar-refractivity contribution in [2.75, 3.05) is 32.8 Å². The molecular formula is C19H26ClN3O3. The van der Waals surface area contributed by atoms with Crippen LogP contribution in [0.5, 0.6) is 5.75 Å². The maximum Gasteiger partial charge on any atom is 0.309 e. The highest BCUT2D eigenvalue weighted by Gasteiger charge is 2.15. The van der Waals surface area contributed by atoms with Gasteiger partial charge in [-0.3, -0.25) is 9.69 Å². The number of nitrogens with zero attached hydrogens (tertiary/aromatic N) is 3. The Kier molecular flexibility index (Phi) is 7.63. The topological polar surface area (TPSA) is 56.6 Å². The van der Waals surface area contributed by atoms with Gasteiger partial charge in [-0.1, -0.05) is 30.3 Å². The summed E-state index contributed by atoms with van der Waals surface area (Å²) in [4.78, 5) is 15.0. The summed E-state index contributed by atoms with van der Waals surface area (Å²) in [7, 11) is 0. The standard InChI is InChI=1S/C19H25N3O3.ClH/c1-15(2)25-18-14-17(16-6-4-3-5-7-16)20-22(19(18)23)9-8-21-10-12-24-13-11-21;/h3-7,14-15H,8-13H2,1-2H3;1H. The second-order valence-electron chi connectivity index (χ2n) is 6.41. The lowest BCUT2D eigenvalue weighted by Gasteiger charge is -2.26. The number of rotatable bonds is 6.